The van der Waals surface area contributed by atoms with Gasteiger partial charge in [0, 0.05) is 7.11 Å². The van der Waals surface area contributed by atoms with Gasteiger partial charge in [-0.05, 0) is 0 Å². The molecule has 0 spiro atoms. The molecule has 2 atom stereocenters. The van der Waals surface area contributed by atoms with Gasteiger partial charge < -0.3 is 19.3 Å². The second-order valence-corrected chi connectivity index (χ2v) is 2.16. The molecule has 0 saturated carbocycles. The van der Waals surface area contributed by atoms with E-state index in [1.165, 1.54) is 0 Å². The Kier molecular flexibility index (Phi) is 3.08. The summed E-state index contributed by atoms with van der Waals surface area (Å²) >= 11 is 0. The second kappa shape index (κ2) is 3.88. The monoisotopic (exact) mass is 148 g/mol. The largest absolute Gasteiger partial charge is 0.394 e. The topological polar surface area (TPSA) is 47.9 Å². The minimum Gasteiger partial charge on any atom is -0.394 e. The van der Waals surface area contributed by atoms with E-state index >= 15 is 0 Å². The zero-order chi connectivity index (χ0) is 7.40. The molecule has 0 aromatic heterocycles. The Morgan fingerprint density at radius 2 is 2.50 bits per heavy atom. The number of hydrogen-bond acceptors (Lipinski definition) is 4. The van der Waals surface area contributed by atoms with E-state index in [0.717, 1.165) is 0 Å². The van der Waals surface area contributed by atoms with Crippen molar-refractivity contribution in [3.8, 4) is 0 Å². The SMILES string of the molecule is COCC1OCC(CO)O1. The molecular formula is C6H12O4. The number of rotatable bonds is 3. The highest BCUT2D eigenvalue weighted by atomic mass is 16.7. The first-order valence-electron chi connectivity index (χ1n) is 3.23. The second-order valence-electron chi connectivity index (χ2n) is 2.16. The van der Waals surface area contributed by atoms with E-state index < -0.39 is 0 Å². The molecule has 0 aromatic carbocycles. The van der Waals surface area contributed by atoms with Crippen LogP contribution in [0.1, 0.15) is 0 Å². The number of ether oxygens (including phenoxy) is 3. The van der Waals surface area contributed by atoms with Gasteiger partial charge in [-0.15, -0.1) is 0 Å². The van der Waals surface area contributed by atoms with E-state index in [1.807, 2.05) is 0 Å². The maximum Gasteiger partial charge on any atom is 0.181 e. The average Bonchev–Trinajstić information content (AvgIpc) is 2.37. The van der Waals surface area contributed by atoms with Crippen LogP contribution in [-0.4, -0.2) is 44.4 Å². The van der Waals surface area contributed by atoms with Crippen molar-refractivity contribution >= 4 is 0 Å². The van der Waals surface area contributed by atoms with E-state index in [9.17, 15) is 0 Å². The van der Waals surface area contributed by atoms with Crippen LogP contribution < -0.4 is 0 Å². The maximum absolute atomic E-state index is 8.61. The summed E-state index contributed by atoms with van der Waals surface area (Å²) in [7, 11) is 1.58. The molecule has 60 valence electrons. The van der Waals surface area contributed by atoms with Gasteiger partial charge in [0.2, 0.25) is 0 Å². The maximum atomic E-state index is 8.61. The molecule has 0 amide bonds. The molecule has 1 fully saturated rings. The smallest absolute Gasteiger partial charge is 0.181 e. The first-order chi connectivity index (χ1) is 4.86. The highest BCUT2D eigenvalue weighted by Crippen LogP contribution is 2.10. The van der Waals surface area contributed by atoms with E-state index in [-0.39, 0.29) is 19.0 Å². The van der Waals surface area contributed by atoms with Crippen molar-refractivity contribution in [2.24, 2.45) is 0 Å². The van der Waals surface area contributed by atoms with Crippen molar-refractivity contribution in [3.63, 3.8) is 0 Å². The van der Waals surface area contributed by atoms with E-state index in [4.69, 9.17) is 19.3 Å². The van der Waals surface area contributed by atoms with Gasteiger partial charge in [-0.3, -0.25) is 0 Å². The van der Waals surface area contributed by atoms with Crippen molar-refractivity contribution in [2.45, 2.75) is 12.4 Å². The molecule has 0 radical (unpaired) electrons. The summed E-state index contributed by atoms with van der Waals surface area (Å²) in [5, 5.41) is 8.61. The van der Waals surface area contributed by atoms with Crippen molar-refractivity contribution in [2.75, 3.05) is 26.9 Å². The van der Waals surface area contributed by atoms with Crippen molar-refractivity contribution in [3.05, 3.63) is 0 Å². The van der Waals surface area contributed by atoms with Gasteiger partial charge >= 0.3 is 0 Å². The fraction of sp³-hybridized carbons (Fsp3) is 1.00. The molecule has 1 rings (SSSR count). The van der Waals surface area contributed by atoms with Crippen LogP contribution in [0.4, 0.5) is 0 Å². The van der Waals surface area contributed by atoms with E-state index in [1.54, 1.807) is 7.11 Å². The van der Waals surface area contributed by atoms with Crippen LogP contribution in [-0.2, 0) is 14.2 Å². The lowest BCUT2D eigenvalue weighted by Gasteiger charge is -2.07. The number of aliphatic hydroxyl groups excluding tert-OH is 1. The van der Waals surface area contributed by atoms with Crippen LogP contribution >= 0.6 is 0 Å². The van der Waals surface area contributed by atoms with Gasteiger partial charge in [0.1, 0.15) is 6.10 Å². The molecule has 2 unspecified atom stereocenters. The summed E-state index contributed by atoms with van der Waals surface area (Å²) in [6.07, 6.45) is -0.456. The van der Waals surface area contributed by atoms with Gasteiger partial charge in [-0.25, -0.2) is 0 Å². The number of hydrogen-bond donors (Lipinski definition) is 1. The Labute approximate surface area is 59.7 Å². The lowest BCUT2D eigenvalue weighted by Crippen LogP contribution is -2.19. The van der Waals surface area contributed by atoms with E-state index in [2.05, 4.69) is 0 Å². The third kappa shape index (κ3) is 1.91. The Hall–Kier alpha value is -0.160. The minimum absolute atomic E-state index is 0.0141. The molecule has 1 aliphatic heterocycles. The molecule has 0 aliphatic carbocycles. The molecular weight excluding hydrogens is 136 g/mol. The average molecular weight is 148 g/mol. The van der Waals surface area contributed by atoms with Crippen LogP contribution in [0.15, 0.2) is 0 Å². The third-order valence-electron chi connectivity index (χ3n) is 1.32. The Morgan fingerprint density at radius 3 is 3.00 bits per heavy atom. The summed E-state index contributed by atoms with van der Waals surface area (Å²) in [6.45, 7) is 0.904. The molecule has 10 heavy (non-hydrogen) atoms. The number of aliphatic hydroxyl groups is 1. The van der Waals surface area contributed by atoms with Gasteiger partial charge in [-0.2, -0.15) is 0 Å². The third-order valence-corrected chi connectivity index (χ3v) is 1.32. The molecule has 0 bridgehead atoms. The van der Waals surface area contributed by atoms with Crippen LogP contribution in [0.3, 0.4) is 0 Å². The van der Waals surface area contributed by atoms with Gasteiger partial charge in [0.25, 0.3) is 0 Å². The summed E-state index contributed by atoms with van der Waals surface area (Å²) in [5.74, 6) is 0. The standard InChI is InChI=1S/C6H12O4/c1-8-4-6-9-3-5(2-7)10-6/h5-7H,2-4H2,1H3. The summed E-state index contributed by atoms with van der Waals surface area (Å²) < 4.78 is 15.0. The summed E-state index contributed by atoms with van der Waals surface area (Å²) in [6, 6.07) is 0. The highest BCUT2D eigenvalue weighted by Gasteiger charge is 2.24. The normalized spacial score (nSPS) is 33.0. The summed E-state index contributed by atoms with van der Waals surface area (Å²) in [4.78, 5) is 0. The van der Waals surface area contributed by atoms with Gasteiger partial charge in [-0.1, -0.05) is 0 Å². The summed E-state index contributed by atoms with van der Waals surface area (Å²) in [5.41, 5.74) is 0. The first-order valence-corrected chi connectivity index (χ1v) is 3.23. The zero-order valence-corrected chi connectivity index (χ0v) is 5.95. The lowest BCUT2D eigenvalue weighted by molar-refractivity contribution is -0.101. The predicted octanol–water partition coefficient (Wildman–Crippen LogP) is -0.633. The molecule has 1 saturated heterocycles. The quantitative estimate of drug-likeness (QED) is 0.578. The van der Waals surface area contributed by atoms with Gasteiger partial charge in [0.15, 0.2) is 6.29 Å². The Morgan fingerprint density at radius 1 is 1.70 bits per heavy atom. The Bertz CT molecular complexity index is 95.7. The molecule has 1 aliphatic rings. The highest BCUT2D eigenvalue weighted by molar-refractivity contribution is 4.62. The zero-order valence-electron chi connectivity index (χ0n) is 5.95. The number of methoxy groups -OCH3 is 1. The fourth-order valence-corrected chi connectivity index (χ4v) is 0.827. The molecule has 4 heteroatoms. The first kappa shape index (κ1) is 7.94. The van der Waals surface area contributed by atoms with Crippen LogP contribution in [0, 0.1) is 0 Å². The molecule has 4 nitrogen and oxygen atoms in total. The fourth-order valence-electron chi connectivity index (χ4n) is 0.827. The predicted molar refractivity (Wildman–Crippen MR) is 33.6 cm³/mol. The van der Waals surface area contributed by atoms with Crippen LogP contribution in [0.5, 0.6) is 0 Å². The van der Waals surface area contributed by atoms with Gasteiger partial charge in [0.05, 0.1) is 19.8 Å². The Balaban J connectivity index is 2.15. The van der Waals surface area contributed by atoms with Crippen molar-refractivity contribution in [1.82, 2.24) is 0 Å². The molecule has 1 N–H and O–H groups in total. The minimum atomic E-state index is -0.290. The lowest BCUT2D eigenvalue weighted by atomic mass is 10.4. The van der Waals surface area contributed by atoms with E-state index in [0.29, 0.717) is 13.2 Å². The van der Waals surface area contributed by atoms with Crippen molar-refractivity contribution in [1.29, 1.82) is 0 Å². The van der Waals surface area contributed by atoms with Crippen LogP contribution in [0.2, 0.25) is 0 Å². The van der Waals surface area contributed by atoms with Crippen molar-refractivity contribution < 1.29 is 19.3 Å². The molecule has 1 heterocycles. The van der Waals surface area contributed by atoms with Crippen LogP contribution in [0.25, 0.3) is 0 Å². The molecule has 0 aromatic rings.